The van der Waals surface area contributed by atoms with Gasteiger partial charge in [-0.05, 0) is 30.5 Å². The Hall–Kier alpha value is -1.42. The highest BCUT2D eigenvalue weighted by atomic mass is 35.5. The van der Waals surface area contributed by atoms with Crippen LogP contribution in [0.1, 0.15) is 19.4 Å². The van der Waals surface area contributed by atoms with E-state index in [1.807, 2.05) is 24.0 Å². The highest BCUT2D eigenvalue weighted by Crippen LogP contribution is 2.27. The molecule has 1 N–H and O–H groups in total. The Balaban J connectivity index is 1.91. The summed E-state index contributed by atoms with van der Waals surface area (Å²) in [5, 5.41) is 3.77. The van der Waals surface area contributed by atoms with Gasteiger partial charge in [0, 0.05) is 43.4 Å². The molecule has 1 aromatic rings. The molecule has 1 aliphatic rings. The van der Waals surface area contributed by atoms with E-state index in [9.17, 15) is 4.79 Å². The maximum absolute atomic E-state index is 12.0. The summed E-state index contributed by atoms with van der Waals surface area (Å²) in [5.74, 6) is 0.476. The van der Waals surface area contributed by atoms with Crippen molar-refractivity contribution in [2.75, 3.05) is 37.6 Å². The Morgan fingerprint density at radius 2 is 1.95 bits per heavy atom. The third-order valence-corrected chi connectivity index (χ3v) is 4.22. The van der Waals surface area contributed by atoms with Gasteiger partial charge < -0.3 is 15.1 Å². The van der Waals surface area contributed by atoms with Crippen molar-refractivity contribution in [3.63, 3.8) is 0 Å². The van der Waals surface area contributed by atoms with Crippen molar-refractivity contribution in [1.82, 2.24) is 10.2 Å². The molecule has 0 spiro atoms. The van der Waals surface area contributed by atoms with E-state index in [1.165, 1.54) is 5.69 Å². The maximum atomic E-state index is 12.0. The quantitative estimate of drug-likeness (QED) is 0.931. The number of halogens is 1. The molecule has 116 valence electrons. The first-order valence-electron chi connectivity index (χ1n) is 7.52. The Bertz CT molecular complexity index is 496. The molecule has 0 atom stereocenters. The Morgan fingerprint density at radius 1 is 1.29 bits per heavy atom. The van der Waals surface area contributed by atoms with Gasteiger partial charge in [-0.2, -0.15) is 0 Å². The van der Waals surface area contributed by atoms with Crippen LogP contribution in [0.4, 0.5) is 10.5 Å². The van der Waals surface area contributed by atoms with E-state index < -0.39 is 0 Å². The Morgan fingerprint density at radius 3 is 2.57 bits per heavy atom. The van der Waals surface area contributed by atoms with Crippen molar-refractivity contribution in [2.24, 2.45) is 5.92 Å². The molecular weight excluding hydrogens is 286 g/mol. The van der Waals surface area contributed by atoms with Gasteiger partial charge >= 0.3 is 6.03 Å². The lowest BCUT2D eigenvalue weighted by atomic mass is 10.1. The molecule has 1 heterocycles. The van der Waals surface area contributed by atoms with E-state index in [4.69, 9.17) is 11.6 Å². The zero-order chi connectivity index (χ0) is 15.4. The van der Waals surface area contributed by atoms with Crippen LogP contribution in [0, 0.1) is 12.8 Å². The lowest BCUT2D eigenvalue weighted by Gasteiger charge is -2.37. The molecule has 0 unspecified atom stereocenters. The molecule has 0 bridgehead atoms. The number of amides is 2. The van der Waals surface area contributed by atoms with E-state index in [1.54, 1.807) is 0 Å². The first-order chi connectivity index (χ1) is 9.99. The fourth-order valence-corrected chi connectivity index (χ4v) is 2.66. The van der Waals surface area contributed by atoms with E-state index in [0.29, 0.717) is 5.92 Å². The molecule has 1 aromatic carbocycles. The highest BCUT2D eigenvalue weighted by molar-refractivity contribution is 6.31. The van der Waals surface area contributed by atoms with E-state index in [-0.39, 0.29) is 6.03 Å². The minimum absolute atomic E-state index is 0.0474. The number of hydrogen-bond donors (Lipinski definition) is 1. The fraction of sp³-hybridized carbons (Fsp3) is 0.562. The molecule has 2 rings (SSSR count). The van der Waals surface area contributed by atoms with Crippen LogP contribution in [-0.4, -0.2) is 43.7 Å². The zero-order valence-corrected chi connectivity index (χ0v) is 13.8. The molecular formula is C16H24ClN3O. The zero-order valence-electron chi connectivity index (χ0n) is 13.0. The van der Waals surface area contributed by atoms with Crippen LogP contribution in [-0.2, 0) is 0 Å². The summed E-state index contributed by atoms with van der Waals surface area (Å²) in [6.45, 7) is 10.1. The second-order valence-electron chi connectivity index (χ2n) is 5.94. The number of urea groups is 1. The van der Waals surface area contributed by atoms with Crippen molar-refractivity contribution in [2.45, 2.75) is 20.8 Å². The summed E-state index contributed by atoms with van der Waals surface area (Å²) < 4.78 is 0. The topological polar surface area (TPSA) is 35.6 Å². The molecule has 0 saturated carbocycles. The largest absolute Gasteiger partial charge is 0.368 e. The maximum Gasteiger partial charge on any atom is 0.317 e. The van der Waals surface area contributed by atoms with Crippen LogP contribution in [0.5, 0.6) is 0 Å². The minimum atomic E-state index is 0.0474. The third-order valence-electron chi connectivity index (χ3n) is 3.81. The second kappa shape index (κ2) is 7.03. The lowest BCUT2D eigenvalue weighted by molar-refractivity contribution is 0.193. The number of carbonyl (C=O) groups is 1. The second-order valence-corrected chi connectivity index (χ2v) is 6.35. The standard InChI is InChI=1S/C16H24ClN3O/c1-12(2)11-18-16(21)20-9-7-19(8-10-20)15-6-4-5-14(17)13(15)3/h4-6,12H,7-11H2,1-3H3,(H,18,21). The molecule has 1 fully saturated rings. The van der Waals surface area contributed by atoms with Gasteiger partial charge in [0.25, 0.3) is 0 Å². The van der Waals surface area contributed by atoms with Crippen LogP contribution in [0.25, 0.3) is 0 Å². The van der Waals surface area contributed by atoms with Crippen molar-refractivity contribution >= 4 is 23.3 Å². The first-order valence-corrected chi connectivity index (χ1v) is 7.89. The average molecular weight is 310 g/mol. The van der Waals surface area contributed by atoms with E-state index in [2.05, 4.69) is 30.1 Å². The van der Waals surface area contributed by atoms with Crippen LogP contribution in [0.15, 0.2) is 18.2 Å². The van der Waals surface area contributed by atoms with Crippen molar-refractivity contribution < 1.29 is 4.79 Å². The van der Waals surface area contributed by atoms with E-state index >= 15 is 0 Å². The van der Waals surface area contributed by atoms with Crippen LogP contribution in [0.2, 0.25) is 5.02 Å². The first kappa shape index (κ1) is 16.0. The highest BCUT2D eigenvalue weighted by Gasteiger charge is 2.22. The van der Waals surface area contributed by atoms with Crippen LogP contribution >= 0.6 is 11.6 Å². The van der Waals surface area contributed by atoms with Gasteiger partial charge in [0.2, 0.25) is 0 Å². The number of anilines is 1. The number of benzene rings is 1. The minimum Gasteiger partial charge on any atom is -0.368 e. The number of hydrogen-bond acceptors (Lipinski definition) is 2. The van der Waals surface area contributed by atoms with Crippen molar-refractivity contribution in [3.8, 4) is 0 Å². The van der Waals surface area contributed by atoms with Crippen LogP contribution < -0.4 is 10.2 Å². The molecule has 2 amide bonds. The van der Waals surface area contributed by atoms with Gasteiger partial charge in [0.1, 0.15) is 0 Å². The third kappa shape index (κ3) is 4.03. The molecule has 0 aliphatic carbocycles. The summed E-state index contributed by atoms with van der Waals surface area (Å²) in [7, 11) is 0. The number of nitrogens with one attached hydrogen (secondary N) is 1. The molecule has 5 heteroatoms. The van der Waals surface area contributed by atoms with Gasteiger partial charge in [-0.1, -0.05) is 31.5 Å². The predicted octanol–water partition coefficient (Wildman–Crippen LogP) is 3.14. The van der Waals surface area contributed by atoms with Gasteiger partial charge in [-0.3, -0.25) is 0 Å². The normalized spacial score (nSPS) is 15.5. The Labute approximate surface area is 132 Å². The number of rotatable bonds is 3. The summed E-state index contributed by atoms with van der Waals surface area (Å²) in [6.07, 6.45) is 0. The molecule has 21 heavy (non-hydrogen) atoms. The summed E-state index contributed by atoms with van der Waals surface area (Å²) >= 11 is 6.18. The molecule has 1 saturated heterocycles. The molecule has 1 aliphatic heterocycles. The summed E-state index contributed by atoms with van der Waals surface area (Å²) in [6, 6.07) is 6.03. The number of piperazine rings is 1. The molecule has 0 aromatic heterocycles. The van der Waals surface area contributed by atoms with Crippen molar-refractivity contribution in [3.05, 3.63) is 28.8 Å². The van der Waals surface area contributed by atoms with Crippen LogP contribution in [0.3, 0.4) is 0 Å². The number of carbonyl (C=O) groups excluding carboxylic acids is 1. The molecule has 0 radical (unpaired) electrons. The monoisotopic (exact) mass is 309 g/mol. The van der Waals surface area contributed by atoms with Gasteiger partial charge in [-0.25, -0.2) is 4.79 Å². The van der Waals surface area contributed by atoms with Crippen molar-refractivity contribution in [1.29, 1.82) is 0 Å². The summed E-state index contributed by atoms with van der Waals surface area (Å²) in [5.41, 5.74) is 2.28. The van der Waals surface area contributed by atoms with Gasteiger partial charge in [0.15, 0.2) is 0 Å². The fourth-order valence-electron chi connectivity index (χ4n) is 2.49. The SMILES string of the molecule is Cc1c(Cl)cccc1N1CCN(C(=O)NCC(C)C)CC1. The van der Waals surface area contributed by atoms with Gasteiger partial charge in [-0.15, -0.1) is 0 Å². The average Bonchev–Trinajstić information content (AvgIpc) is 2.48. The lowest BCUT2D eigenvalue weighted by Crippen LogP contribution is -2.52. The Kier molecular flexibility index (Phi) is 5.34. The number of nitrogens with zero attached hydrogens (tertiary/aromatic N) is 2. The smallest absolute Gasteiger partial charge is 0.317 e. The van der Waals surface area contributed by atoms with E-state index in [0.717, 1.165) is 43.3 Å². The molecule has 4 nitrogen and oxygen atoms in total. The van der Waals surface area contributed by atoms with Gasteiger partial charge in [0.05, 0.1) is 0 Å². The summed E-state index contributed by atoms with van der Waals surface area (Å²) in [4.78, 5) is 16.2. The predicted molar refractivity (Wildman–Crippen MR) is 88.2 cm³/mol.